The number of carboxylic acids is 1. The van der Waals surface area contributed by atoms with Gasteiger partial charge in [-0.25, -0.2) is 0 Å². The number of carboxylic acid groups (broad SMARTS) is 1. The normalized spacial score (nSPS) is 13.6. The summed E-state index contributed by atoms with van der Waals surface area (Å²) in [4.78, 5) is 26.8. The van der Waals surface area contributed by atoms with E-state index in [0.29, 0.717) is 5.39 Å². The molecule has 1 aromatic carbocycles. The SMILES string of the molecule is CC(O)(CNC(=O)c1nccc2ccccc12)CC(=O)O. The lowest BCUT2D eigenvalue weighted by Gasteiger charge is -2.21. The number of pyridine rings is 1. The first-order chi connectivity index (χ1) is 9.89. The number of benzene rings is 1. The number of fused-ring (bicyclic) bond motifs is 1. The van der Waals surface area contributed by atoms with E-state index in [-0.39, 0.29) is 12.2 Å². The topological polar surface area (TPSA) is 99.5 Å². The molecule has 6 heteroatoms. The van der Waals surface area contributed by atoms with Gasteiger partial charge in [-0.05, 0) is 18.4 Å². The van der Waals surface area contributed by atoms with E-state index < -0.39 is 23.9 Å². The van der Waals surface area contributed by atoms with Crippen LogP contribution in [0.15, 0.2) is 36.5 Å². The van der Waals surface area contributed by atoms with Gasteiger partial charge in [0.15, 0.2) is 0 Å². The van der Waals surface area contributed by atoms with Gasteiger partial charge in [-0.15, -0.1) is 0 Å². The van der Waals surface area contributed by atoms with Gasteiger partial charge in [0, 0.05) is 18.1 Å². The minimum Gasteiger partial charge on any atom is -0.481 e. The smallest absolute Gasteiger partial charge is 0.306 e. The quantitative estimate of drug-likeness (QED) is 0.767. The molecule has 1 aromatic heterocycles. The van der Waals surface area contributed by atoms with E-state index in [1.807, 2.05) is 12.1 Å². The number of carbonyl (C=O) groups excluding carboxylic acids is 1. The molecule has 0 saturated carbocycles. The predicted molar refractivity (Wildman–Crippen MR) is 77.0 cm³/mol. The molecule has 0 aliphatic carbocycles. The third-order valence-corrected chi connectivity index (χ3v) is 3.05. The summed E-state index contributed by atoms with van der Waals surface area (Å²) in [6, 6.07) is 9.12. The molecule has 21 heavy (non-hydrogen) atoms. The molecule has 0 fully saturated rings. The van der Waals surface area contributed by atoms with Crippen LogP contribution in [0.3, 0.4) is 0 Å². The number of hydrogen-bond donors (Lipinski definition) is 3. The van der Waals surface area contributed by atoms with Crippen LogP contribution in [0.4, 0.5) is 0 Å². The van der Waals surface area contributed by atoms with Gasteiger partial charge < -0.3 is 15.5 Å². The first-order valence-electron chi connectivity index (χ1n) is 6.45. The van der Waals surface area contributed by atoms with Crippen molar-refractivity contribution >= 4 is 22.6 Å². The number of nitrogens with zero attached hydrogens (tertiary/aromatic N) is 1. The molecule has 0 aliphatic rings. The van der Waals surface area contributed by atoms with Crippen LogP contribution in [-0.4, -0.2) is 39.2 Å². The lowest BCUT2D eigenvalue weighted by Crippen LogP contribution is -2.42. The zero-order valence-electron chi connectivity index (χ0n) is 11.5. The van der Waals surface area contributed by atoms with Crippen LogP contribution >= 0.6 is 0 Å². The molecule has 0 bridgehead atoms. The molecule has 0 saturated heterocycles. The Bertz CT molecular complexity index is 677. The summed E-state index contributed by atoms with van der Waals surface area (Å²) in [5.41, 5.74) is -1.26. The van der Waals surface area contributed by atoms with E-state index in [4.69, 9.17) is 5.11 Å². The lowest BCUT2D eigenvalue weighted by molar-refractivity contribution is -0.141. The van der Waals surface area contributed by atoms with E-state index in [2.05, 4.69) is 10.3 Å². The zero-order valence-corrected chi connectivity index (χ0v) is 11.5. The average Bonchev–Trinajstić information content (AvgIpc) is 2.43. The second-order valence-electron chi connectivity index (χ2n) is 5.13. The number of amides is 1. The van der Waals surface area contributed by atoms with Gasteiger partial charge in [-0.1, -0.05) is 24.3 Å². The van der Waals surface area contributed by atoms with Crippen LogP contribution in [0.1, 0.15) is 23.8 Å². The summed E-state index contributed by atoms with van der Waals surface area (Å²) in [5.74, 6) is -1.57. The lowest BCUT2D eigenvalue weighted by atomic mass is 10.0. The molecule has 0 aliphatic heterocycles. The third kappa shape index (κ3) is 3.76. The number of aromatic nitrogens is 1. The summed E-state index contributed by atoms with van der Waals surface area (Å²) in [6.07, 6.45) is 1.09. The maximum absolute atomic E-state index is 12.2. The Labute approximate surface area is 121 Å². The van der Waals surface area contributed by atoms with Crippen LogP contribution in [0.25, 0.3) is 10.8 Å². The molecule has 3 N–H and O–H groups in total. The first-order valence-corrected chi connectivity index (χ1v) is 6.45. The van der Waals surface area contributed by atoms with Gasteiger partial charge in [0.25, 0.3) is 5.91 Å². The summed E-state index contributed by atoms with van der Waals surface area (Å²) in [5, 5.41) is 22.7. The molecular weight excluding hydrogens is 272 g/mol. The van der Waals surface area contributed by atoms with Crippen molar-refractivity contribution in [1.29, 1.82) is 0 Å². The summed E-state index contributed by atoms with van der Waals surface area (Å²) >= 11 is 0. The molecule has 2 aromatic rings. The fourth-order valence-corrected chi connectivity index (χ4v) is 2.04. The van der Waals surface area contributed by atoms with Gasteiger partial charge in [0.2, 0.25) is 0 Å². The molecule has 2 rings (SSSR count). The summed E-state index contributed by atoms with van der Waals surface area (Å²) < 4.78 is 0. The van der Waals surface area contributed by atoms with Crippen LogP contribution < -0.4 is 5.32 Å². The number of carbonyl (C=O) groups is 2. The summed E-state index contributed by atoms with van der Waals surface area (Å²) in [6.45, 7) is 1.20. The molecule has 110 valence electrons. The highest BCUT2D eigenvalue weighted by Gasteiger charge is 2.25. The van der Waals surface area contributed by atoms with Gasteiger partial charge in [-0.2, -0.15) is 0 Å². The molecule has 1 amide bonds. The Morgan fingerprint density at radius 1 is 1.29 bits per heavy atom. The fourth-order valence-electron chi connectivity index (χ4n) is 2.04. The fraction of sp³-hybridized carbons (Fsp3) is 0.267. The zero-order chi connectivity index (χ0) is 15.5. The number of nitrogens with one attached hydrogen (secondary N) is 1. The molecule has 0 spiro atoms. The highest BCUT2D eigenvalue weighted by atomic mass is 16.4. The van der Waals surface area contributed by atoms with Gasteiger partial charge in [0.1, 0.15) is 5.69 Å². The van der Waals surface area contributed by atoms with E-state index in [1.54, 1.807) is 18.2 Å². The maximum atomic E-state index is 12.2. The van der Waals surface area contributed by atoms with Crippen molar-refractivity contribution in [3.63, 3.8) is 0 Å². The predicted octanol–water partition coefficient (Wildman–Crippen LogP) is 1.19. The standard InChI is InChI=1S/C15H16N2O4/c1-15(21,8-12(18)19)9-17-14(20)13-11-5-3-2-4-10(11)6-7-16-13/h2-7,21H,8-9H2,1H3,(H,17,20)(H,18,19). The average molecular weight is 288 g/mol. The van der Waals surface area contributed by atoms with Crippen LogP contribution in [-0.2, 0) is 4.79 Å². The minimum atomic E-state index is -1.51. The number of rotatable bonds is 5. The monoisotopic (exact) mass is 288 g/mol. The summed E-state index contributed by atoms with van der Waals surface area (Å²) in [7, 11) is 0. The Morgan fingerprint density at radius 3 is 2.71 bits per heavy atom. The largest absolute Gasteiger partial charge is 0.481 e. The van der Waals surface area contributed by atoms with E-state index in [0.717, 1.165) is 5.39 Å². The van der Waals surface area contributed by atoms with Crippen molar-refractivity contribution < 1.29 is 19.8 Å². The maximum Gasteiger partial charge on any atom is 0.306 e. The second-order valence-corrected chi connectivity index (χ2v) is 5.13. The van der Waals surface area contributed by atoms with Crippen molar-refractivity contribution in [2.45, 2.75) is 18.9 Å². The molecule has 0 radical (unpaired) electrons. The first kappa shape index (κ1) is 14.9. The van der Waals surface area contributed by atoms with Crippen LogP contribution in [0.5, 0.6) is 0 Å². The highest BCUT2D eigenvalue weighted by Crippen LogP contribution is 2.16. The van der Waals surface area contributed by atoms with E-state index in [1.165, 1.54) is 13.1 Å². The van der Waals surface area contributed by atoms with Gasteiger partial charge in [0.05, 0.1) is 12.0 Å². The molecular formula is C15H16N2O4. The van der Waals surface area contributed by atoms with Gasteiger partial charge in [-0.3, -0.25) is 14.6 Å². The van der Waals surface area contributed by atoms with Crippen LogP contribution in [0.2, 0.25) is 0 Å². The Morgan fingerprint density at radius 2 is 2.00 bits per heavy atom. The number of hydrogen-bond acceptors (Lipinski definition) is 4. The third-order valence-electron chi connectivity index (χ3n) is 3.05. The highest BCUT2D eigenvalue weighted by molar-refractivity contribution is 6.05. The number of aliphatic carboxylic acids is 1. The van der Waals surface area contributed by atoms with E-state index >= 15 is 0 Å². The van der Waals surface area contributed by atoms with Gasteiger partial charge >= 0.3 is 5.97 Å². The van der Waals surface area contributed by atoms with Crippen molar-refractivity contribution in [3.05, 3.63) is 42.2 Å². The minimum absolute atomic E-state index is 0.164. The van der Waals surface area contributed by atoms with Crippen molar-refractivity contribution in [2.24, 2.45) is 0 Å². The Balaban J connectivity index is 2.14. The molecule has 6 nitrogen and oxygen atoms in total. The Kier molecular flexibility index (Phi) is 4.18. The number of aliphatic hydroxyl groups is 1. The Hall–Kier alpha value is -2.47. The van der Waals surface area contributed by atoms with E-state index in [9.17, 15) is 14.7 Å². The molecule has 1 heterocycles. The van der Waals surface area contributed by atoms with Crippen molar-refractivity contribution in [2.75, 3.05) is 6.54 Å². The van der Waals surface area contributed by atoms with Crippen molar-refractivity contribution in [3.8, 4) is 0 Å². The van der Waals surface area contributed by atoms with Crippen LogP contribution in [0, 0.1) is 0 Å². The van der Waals surface area contributed by atoms with Crippen molar-refractivity contribution in [1.82, 2.24) is 10.3 Å². The molecule has 1 unspecified atom stereocenters. The second kappa shape index (κ2) is 5.88. The molecule has 1 atom stereocenters.